The fourth-order valence-electron chi connectivity index (χ4n) is 2.38. The first-order valence-corrected chi connectivity index (χ1v) is 8.23. The summed E-state index contributed by atoms with van der Waals surface area (Å²) in [7, 11) is 4.88. The third-order valence-corrected chi connectivity index (χ3v) is 6.67. The molecule has 0 radical (unpaired) electrons. The Morgan fingerprint density at radius 3 is 2.82 bits per heavy atom. The fourth-order valence-corrected chi connectivity index (χ4v) is 4.70. The molecule has 2 saturated heterocycles. The summed E-state index contributed by atoms with van der Waals surface area (Å²) in [6.07, 6.45) is 1.76. The SMILES string of the molecule is CCSS[C@@]1(C)C(=O)N2CCC[C@H]2C(=O)N1C. The first kappa shape index (κ1) is 13.1. The van der Waals surface area contributed by atoms with Crippen molar-refractivity contribution in [3.8, 4) is 0 Å². The Balaban J connectivity index is 2.26. The third-order valence-electron chi connectivity index (χ3n) is 3.51. The average Bonchev–Trinajstić information content (AvgIpc) is 2.80. The molecule has 17 heavy (non-hydrogen) atoms. The maximum atomic E-state index is 12.5. The van der Waals surface area contributed by atoms with Gasteiger partial charge in [0.25, 0.3) is 5.91 Å². The van der Waals surface area contributed by atoms with Gasteiger partial charge in [-0.25, -0.2) is 0 Å². The molecule has 0 aliphatic carbocycles. The quantitative estimate of drug-likeness (QED) is 0.733. The molecule has 2 fully saturated rings. The smallest absolute Gasteiger partial charge is 0.260 e. The molecule has 0 aromatic rings. The lowest BCUT2D eigenvalue weighted by Gasteiger charge is -2.46. The van der Waals surface area contributed by atoms with Gasteiger partial charge in [0, 0.05) is 19.3 Å². The zero-order valence-corrected chi connectivity index (χ0v) is 12.1. The van der Waals surface area contributed by atoms with Gasteiger partial charge in [0.05, 0.1) is 0 Å². The fraction of sp³-hybridized carbons (Fsp3) is 0.818. The summed E-state index contributed by atoms with van der Waals surface area (Å²) in [6.45, 7) is 4.64. The Morgan fingerprint density at radius 1 is 1.47 bits per heavy atom. The van der Waals surface area contributed by atoms with E-state index in [0.717, 1.165) is 25.1 Å². The van der Waals surface area contributed by atoms with E-state index >= 15 is 0 Å². The molecule has 2 atom stereocenters. The zero-order valence-electron chi connectivity index (χ0n) is 10.4. The Kier molecular flexibility index (Phi) is 3.63. The molecule has 0 aromatic carbocycles. The number of amides is 2. The molecule has 0 saturated carbocycles. The van der Waals surface area contributed by atoms with Crippen molar-refractivity contribution in [2.45, 2.75) is 37.6 Å². The molecule has 2 aliphatic rings. The lowest BCUT2D eigenvalue weighted by atomic mass is 10.1. The van der Waals surface area contributed by atoms with Gasteiger partial charge in [-0.05, 0) is 19.8 Å². The minimum Gasteiger partial charge on any atom is -0.328 e. The molecule has 0 N–H and O–H groups in total. The van der Waals surface area contributed by atoms with Crippen LogP contribution in [0.2, 0.25) is 0 Å². The van der Waals surface area contributed by atoms with Crippen LogP contribution in [0.3, 0.4) is 0 Å². The highest BCUT2D eigenvalue weighted by Crippen LogP contribution is 2.43. The standard InChI is InChI=1S/C11H18N2O2S2/c1-4-16-17-11(2)10(15)13-7-5-6-8(13)9(14)12(11)3/h8H,4-7H2,1-3H3/t8-,11-/m0/s1. The molecular formula is C11H18N2O2S2. The van der Waals surface area contributed by atoms with Gasteiger partial charge >= 0.3 is 0 Å². The molecule has 0 spiro atoms. The van der Waals surface area contributed by atoms with Crippen LogP contribution in [0.1, 0.15) is 26.7 Å². The van der Waals surface area contributed by atoms with Gasteiger partial charge in [-0.15, -0.1) is 0 Å². The number of likely N-dealkylation sites (N-methyl/N-ethyl adjacent to an activating group) is 1. The van der Waals surface area contributed by atoms with Gasteiger partial charge < -0.3 is 9.80 Å². The molecule has 2 amide bonds. The van der Waals surface area contributed by atoms with E-state index in [2.05, 4.69) is 6.92 Å². The van der Waals surface area contributed by atoms with Crippen molar-refractivity contribution in [1.29, 1.82) is 0 Å². The third kappa shape index (κ3) is 1.95. The molecule has 2 rings (SSSR count). The summed E-state index contributed by atoms with van der Waals surface area (Å²) in [5.74, 6) is 1.11. The number of carbonyl (C=O) groups excluding carboxylic acids is 2. The van der Waals surface area contributed by atoms with Crippen molar-refractivity contribution in [1.82, 2.24) is 9.80 Å². The van der Waals surface area contributed by atoms with Crippen molar-refractivity contribution in [3.05, 3.63) is 0 Å². The number of fused-ring (bicyclic) bond motifs is 1. The summed E-state index contributed by atoms with van der Waals surface area (Å²) in [5.41, 5.74) is 0. The maximum Gasteiger partial charge on any atom is 0.260 e. The minimum absolute atomic E-state index is 0.0908. The Morgan fingerprint density at radius 2 is 2.18 bits per heavy atom. The van der Waals surface area contributed by atoms with Crippen molar-refractivity contribution in [2.24, 2.45) is 0 Å². The van der Waals surface area contributed by atoms with Crippen LogP contribution in [-0.4, -0.2) is 51.9 Å². The molecule has 4 nitrogen and oxygen atoms in total. The van der Waals surface area contributed by atoms with Crippen LogP contribution in [-0.2, 0) is 9.59 Å². The molecule has 0 aromatic heterocycles. The second-order valence-corrected chi connectivity index (χ2v) is 7.51. The number of rotatable bonds is 3. The minimum atomic E-state index is -0.737. The van der Waals surface area contributed by atoms with E-state index in [4.69, 9.17) is 0 Å². The monoisotopic (exact) mass is 274 g/mol. The van der Waals surface area contributed by atoms with Crippen molar-refractivity contribution >= 4 is 33.4 Å². The Labute approximate surface area is 110 Å². The van der Waals surface area contributed by atoms with Crippen molar-refractivity contribution in [3.63, 3.8) is 0 Å². The average molecular weight is 274 g/mol. The van der Waals surface area contributed by atoms with Crippen molar-refractivity contribution in [2.75, 3.05) is 19.3 Å². The second-order valence-electron chi connectivity index (χ2n) is 4.53. The van der Waals surface area contributed by atoms with Gasteiger partial charge in [-0.2, -0.15) is 0 Å². The van der Waals surface area contributed by atoms with Crippen LogP contribution in [0, 0.1) is 0 Å². The summed E-state index contributed by atoms with van der Waals surface area (Å²) < 4.78 is 0. The molecular weight excluding hydrogens is 256 g/mol. The van der Waals surface area contributed by atoms with Crippen LogP contribution < -0.4 is 0 Å². The molecule has 0 bridgehead atoms. The van der Waals surface area contributed by atoms with E-state index < -0.39 is 4.87 Å². The molecule has 2 heterocycles. The van der Waals surface area contributed by atoms with E-state index in [1.165, 1.54) is 10.8 Å². The highest BCUT2D eigenvalue weighted by atomic mass is 33.1. The van der Waals surface area contributed by atoms with Crippen LogP contribution >= 0.6 is 21.6 Å². The topological polar surface area (TPSA) is 40.6 Å². The lowest BCUT2D eigenvalue weighted by Crippen LogP contribution is -2.66. The van der Waals surface area contributed by atoms with E-state index in [-0.39, 0.29) is 17.9 Å². The van der Waals surface area contributed by atoms with Gasteiger partial charge in [0.15, 0.2) is 4.87 Å². The van der Waals surface area contributed by atoms with Gasteiger partial charge in [0.2, 0.25) is 5.91 Å². The largest absolute Gasteiger partial charge is 0.328 e. The predicted molar refractivity (Wildman–Crippen MR) is 71.6 cm³/mol. The Hall–Kier alpha value is -0.360. The number of hydrogen-bond donors (Lipinski definition) is 0. The van der Waals surface area contributed by atoms with E-state index in [1.807, 2.05) is 6.92 Å². The van der Waals surface area contributed by atoms with Crippen LogP contribution in [0.25, 0.3) is 0 Å². The van der Waals surface area contributed by atoms with E-state index in [9.17, 15) is 9.59 Å². The first-order valence-electron chi connectivity index (χ1n) is 5.91. The highest BCUT2D eigenvalue weighted by molar-refractivity contribution is 8.77. The predicted octanol–water partition coefficient (Wildman–Crippen LogP) is 1.57. The van der Waals surface area contributed by atoms with E-state index in [1.54, 1.807) is 27.6 Å². The summed E-state index contributed by atoms with van der Waals surface area (Å²) in [4.78, 5) is 27.4. The first-order chi connectivity index (χ1) is 8.02. The normalized spacial score (nSPS) is 33.2. The number of hydrogen-bond acceptors (Lipinski definition) is 4. The number of piperazine rings is 1. The van der Waals surface area contributed by atoms with Crippen LogP contribution in [0.5, 0.6) is 0 Å². The summed E-state index contributed by atoms with van der Waals surface area (Å²) in [6, 6.07) is -0.201. The number of carbonyl (C=O) groups is 2. The lowest BCUT2D eigenvalue weighted by molar-refractivity contribution is -0.159. The van der Waals surface area contributed by atoms with E-state index in [0.29, 0.717) is 0 Å². The molecule has 2 aliphatic heterocycles. The molecule has 0 unspecified atom stereocenters. The highest BCUT2D eigenvalue weighted by Gasteiger charge is 2.53. The van der Waals surface area contributed by atoms with Crippen LogP contribution in [0.4, 0.5) is 0 Å². The molecule has 96 valence electrons. The van der Waals surface area contributed by atoms with Crippen LogP contribution in [0.15, 0.2) is 0 Å². The summed E-state index contributed by atoms with van der Waals surface area (Å²) >= 11 is 0. The Bertz CT molecular complexity index is 350. The van der Waals surface area contributed by atoms with Crippen molar-refractivity contribution < 1.29 is 9.59 Å². The zero-order chi connectivity index (χ0) is 12.6. The summed E-state index contributed by atoms with van der Waals surface area (Å²) in [5, 5.41) is 0. The second kappa shape index (κ2) is 4.72. The van der Waals surface area contributed by atoms with Gasteiger partial charge in [0.1, 0.15) is 6.04 Å². The van der Waals surface area contributed by atoms with Gasteiger partial charge in [-0.3, -0.25) is 9.59 Å². The maximum absolute atomic E-state index is 12.5. The molecule has 6 heteroatoms. The van der Waals surface area contributed by atoms with Gasteiger partial charge in [-0.1, -0.05) is 28.5 Å². The number of nitrogens with zero attached hydrogens (tertiary/aromatic N) is 2.